The van der Waals surface area contributed by atoms with Gasteiger partial charge in [-0.2, -0.15) is 5.10 Å². The maximum absolute atomic E-state index is 12.1. The molecular formula is C15H20ClN5O. The third-order valence-electron chi connectivity index (χ3n) is 3.32. The second-order valence-corrected chi connectivity index (χ2v) is 6.05. The van der Waals surface area contributed by atoms with Crippen LogP contribution in [-0.2, 0) is 6.42 Å². The van der Waals surface area contributed by atoms with E-state index in [1.165, 1.54) is 6.20 Å². The molecule has 0 atom stereocenters. The number of hydrogen-bond acceptors (Lipinski definition) is 3. The molecule has 118 valence electrons. The van der Waals surface area contributed by atoms with Gasteiger partial charge in [-0.3, -0.25) is 15.4 Å². The molecule has 6 nitrogen and oxygen atoms in total. The second-order valence-electron chi connectivity index (χ2n) is 5.65. The average Bonchev–Trinajstić information content (AvgIpc) is 2.76. The van der Waals surface area contributed by atoms with Crippen LogP contribution in [0.25, 0.3) is 0 Å². The number of aryl methyl sites for hydroxylation is 1. The van der Waals surface area contributed by atoms with E-state index in [1.807, 2.05) is 13.8 Å². The standard InChI is InChI=1S/C15H20ClN5O/c1-8(2)5-11-10(4)20-21-14(11)19-15(22)18-13-7-17-6-12(16)9(13)3/h6-8H,5H2,1-4H3,(H3,18,19,20,21,22). The summed E-state index contributed by atoms with van der Waals surface area (Å²) >= 11 is 5.99. The molecule has 2 heterocycles. The lowest BCUT2D eigenvalue weighted by atomic mass is 10.0. The van der Waals surface area contributed by atoms with E-state index in [0.717, 1.165) is 23.2 Å². The molecule has 2 amide bonds. The van der Waals surface area contributed by atoms with E-state index in [4.69, 9.17) is 11.6 Å². The molecule has 0 unspecified atom stereocenters. The fourth-order valence-corrected chi connectivity index (χ4v) is 2.26. The van der Waals surface area contributed by atoms with E-state index in [-0.39, 0.29) is 6.03 Å². The van der Waals surface area contributed by atoms with Crippen LogP contribution in [-0.4, -0.2) is 21.2 Å². The van der Waals surface area contributed by atoms with Crippen LogP contribution in [0.4, 0.5) is 16.3 Å². The number of H-pyrrole nitrogens is 1. The first-order valence-corrected chi connectivity index (χ1v) is 7.48. The minimum absolute atomic E-state index is 0.372. The fourth-order valence-electron chi connectivity index (χ4n) is 2.10. The number of nitrogens with one attached hydrogen (secondary N) is 3. The van der Waals surface area contributed by atoms with Gasteiger partial charge in [0.1, 0.15) is 0 Å². The number of pyridine rings is 1. The van der Waals surface area contributed by atoms with Crippen molar-refractivity contribution >= 4 is 29.1 Å². The number of anilines is 2. The lowest BCUT2D eigenvalue weighted by Gasteiger charge is -2.11. The minimum Gasteiger partial charge on any atom is -0.306 e. The van der Waals surface area contributed by atoms with Crippen LogP contribution in [0.1, 0.15) is 30.7 Å². The van der Waals surface area contributed by atoms with Crippen LogP contribution in [0, 0.1) is 19.8 Å². The largest absolute Gasteiger partial charge is 0.324 e. The molecule has 0 aliphatic carbocycles. The molecule has 7 heteroatoms. The molecule has 0 spiro atoms. The minimum atomic E-state index is -0.372. The highest BCUT2D eigenvalue weighted by molar-refractivity contribution is 6.31. The quantitative estimate of drug-likeness (QED) is 0.798. The van der Waals surface area contributed by atoms with E-state index < -0.39 is 0 Å². The SMILES string of the molecule is Cc1[nH]nc(NC(=O)Nc2cncc(Cl)c2C)c1CC(C)C. The molecule has 0 fully saturated rings. The molecule has 2 rings (SSSR count). The van der Waals surface area contributed by atoms with Crippen molar-refractivity contribution < 1.29 is 4.79 Å². The number of hydrogen-bond donors (Lipinski definition) is 3. The molecule has 0 saturated carbocycles. The Morgan fingerprint density at radius 3 is 2.73 bits per heavy atom. The van der Waals surface area contributed by atoms with E-state index >= 15 is 0 Å². The van der Waals surface area contributed by atoms with Crippen molar-refractivity contribution in [3.8, 4) is 0 Å². The van der Waals surface area contributed by atoms with Crippen LogP contribution < -0.4 is 10.6 Å². The summed E-state index contributed by atoms with van der Waals surface area (Å²) in [7, 11) is 0. The van der Waals surface area contributed by atoms with E-state index in [9.17, 15) is 4.79 Å². The Morgan fingerprint density at radius 2 is 2.05 bits per heavy atom. The predicted molar refractivity (Wildman–Crippen MR) is 88.5 cm³/mol. The van der Waals surface area contributed by atoms with Crippen LogP contribution in [0.5, 0.6) is 0 Å². The Bertz CT molecular complexity index is 681. The van der Waals surface area contributed by atoms with Crippen molar-refractivity contribution in [2.45, 2.75) is 34.1 Å². The Morgan fingerprint density at radius 1 is 1.32 bits per heavy atom. The Balaban J connectivity index is 2.11. The van der Waals surface area contributed by atoms with Gasteiger partial charge in [0, 0.05) is 17.5 Å². The van der Waals surface area contributed by atoms with Crippen LogP contribution in [0.15, 0.2) is 12.4 Å². The molecule has 0 bridgehead atoms. The highest BCUT2D eigenvalue weighted by Crippen LogP contribution is 2.23. The van der Waals surface area contributed by atoms with Crippen LogP contribution in [0.3, 0.4) is 0 Å². The third kappa shape index (κ3) is 3.76. The molecule has 0 aromatic carbocycles. The lowest BCUT2D eigenvalue weighted by Crippen LogP contribution is -2.21. The van der Waals surface area contributed by atoms with E-state index in [1.54, 1.807) is 6.20 Å². The average molecular weight is 322 g/mol. The summed E-state index contributed by atoms with van der Waals surface area (Å²) < 4.78 is 0. The molecule has 2 aromatic heterocycles. The highest BCUT2D eigenvalue weighted by Gasteiger charge is 2.15. The van der Waals surface area contributed by atoms with Gasteiger partial charge >= 0.3 is 6.03 Å². The number of carbonyl (C=O) groups excluding carboxylic acids is 1. The van der Waals surface area contributed by atoms with Gasteiger partial charge in [0.05, 0.1) is 16.9 Å². The molecule has 0 aliphatic rings. The monoisotopic (exact) mass is 321 g/mol. The molecule has 3 N–H and O–H groups in total. The number of rotatable bonds is 4. The number of aromatic nitrogens is 3. The molecule has 0 radical (unpaired) electrons. The molecule has 0 aliphatic heterocycles. The third-order valence-corrected chi connectivity index (χ3v) is 3.70. The Kier molecular flexibility index (Phi) is 5.03. The first-order chi connectivity index (χ1) is 10.4. The van der Waals surface area contributed by atoms with Gasteiger partial charge < -0.3 is 5.32 Å². The Labute approximate surface area is 134 Å². The molecule has 0 saturated heterocycles. The van der Waals surface area contributed by atoms with Gasteiger partial charge in [-0.25, -0.2) is 4.79 Å². The number of amides is 2. The van der Waals surface area contributed by atoms with Crippen molar-refractivity contribution in [1.82, 2.24) is 15.2 Å². The summed E-state index contributed by atoms with van der Waals surface area (Å²) in [6.07, 6.45) is 3.94. The van der Waals surface area contributed by atoms with E-state index in [0.29, 0.717) is 22.4 Å². The van der Waals surface area contributed by atoms with Gasteiger partial charge in [-0.05, 0) is 31.7 Å². The lowest BCUT2D eigenvalue weighted by molar-refractivity contribution is 0.262. The number of nitrogens with zero attached hydrogens (tertiary/aromatic N) is 2. The van der Waals surface area contributed by atoms with Crippen molar-refractivity contribution in [2.75, 3.05) is 10.6 Å². The maximum atomic E-state index is 12.1. The summed E-state index contributed by atoms with van der Waals surface area (Å²) in [5.74, 6) is 1.02. The molecule has 22 heavy (non-hydrogen) atoms. The summed E-state index contributed by atoms with van der Waals surface area (Å²) in [5.41, 5.74) is 3.32. The van der Waals surface area contributed by atoms with Crippen molar-refractivity contribution in [3.63, 3.8) is 0 Å². The number of halogens is 1. The number of aromatic amines is 1. The second kappa shape index (κ2) is 6.79. The zero-order valence-corrected chi connectivity index (χ0v) is 13.9. The zero-order valence-electron chi connectivity index (χ0n) is 13.1. The summed E-state index contributed by atoms with van der Waals surface area (Å²) in [6, 6.07) is -0.372. The van der Waals surface area contributed by atoms with Gasteiger partial charge in [-0.15, -0.1) is 0 Å². The smallest absolute Gasteiger partial charge is 0.306 e. The van der Waals surface area contributed by atoms with E-state index in [2.05, 4.69) is 39.7 Å². The zero-order chi connectivity index (χ0) is 16.3. The van der Waals surface area contributed by atoms with Gasteiger partial charge in [0.2, 0.25) is 0 Å². The normalized spacial score (nSPS) is 10.8. The van der Waals surface area contributed by atoms with Crippen molar-refractivity contribution in [1.29, 1.82) is 0 Å². The summed E-state index contributed by atoms with van der Waals surface area (Å²) in [6.45, 7) is 8.01. The predicted octanol–water partition coefficient (Wildman–Crippen LogP) is 3.92. The van der Waals surface area contributed by atoms with Crippen molar-refractivity contribution in [3.05, 3.63) is 34.2 Å². The van der Waals surface area contributed by atoms with Crippen LogP contribution in [0.2, 0.25) is 5.02 Å². The highest BCUT2D eigenvalue weighted by atomic mass is 35.5. The number of urea groups is 1. The molecular weight excluding hydrogens is 302 g/mol. The summed E-state index contributed by atoms with van der Waals surface area (Å²) in [5, 5.41) is 13.1. The number of carbonyl (C=O) groups is 1. The summed E-state index contributed by atoms with van der Waals surface area (Å²) in [4.78, 5) is 16.1. The van der Waals surface area contributed by atoms with Gasteiger partial charge in [0.25, 0.3) is 0 Å². The topological polar surface area (TPSA) is 82.7 Å². The fraction of sp³-hybridized carbons (Fsp3) is 0.400. The maximum Gasteiger partial charge on any atom is 0.324 e. The van der Waals surface area contributed by atoms with Gasteiger partial charge in [-0.1, -0.05) is 25.4 Å². The molecule has 2 aromatic rings. The Hall–Kier alpha value is -2.08. The van der Waals surface area contributed by atoms with Gasteiger partial charge in [0.15, 0.2) is 5.82 Å². The van der Waals surface area contributed by atoms with Crippen LogP contribution >= 0.6 is 11.6 Å². The first-order valence-electron chi connectivity index (χ1n) is 7.10. The van der Waals surface area contributed by atoms with Crippen molar-refractivity contribution in [2.24, 2.45) is 5.92 Å². The first kappa shape index (κ1) is 16.3.